The summed E-state index contributed by atoms with van der Waals surface area (Å²) in [6.07, 6.45) is 0. The Morgan fingerprint density at radius 3 is 2.33 bits per heavy atom. The van der Waals surface area contributed by atoms with E-state index in [1.807, 2.05) is 6.07 Å². The Bertz CT molecular complexity index is 241. The molecule has 0 heterocycles. The molecule has 1 nitrogen and oxygen atoms in total. The minimum Gasteiger partial charge on any atom is -0.326 e. The Balaban J connectivity index is 2.93. The Hall–Kier alpha value is -0.820. The highest BCUT2D eigenvalue weighted by Gasteiger charge is 2.12. The summed E-state index contributed by atoms with van der Waals surface area (Å²) in [5.74, 6) is 0. The lowest BCUT2D eigenvalue weighted by molar-refractivity contribution is 0.589. The van der Waals surface area contributed by atoms with Crippen LogP contribution in [0.4, 0.5) is 0 Å². The Morgan fingerprint density at radius 2 is 2.00 bits per heavy atom. The minimum absolute atomic E-state index is 0.188. The van der Waals surface area contributed by atoms with Gasteiger partial charge in [0.1, 0.15) is 0 Å². The van der Waals surface area contributed by atoms with Crippen molar-refractivity contribution >= 4 is 0 Å². The molecule has 0 saturated carbocycles. The molecule has 0 aliphatic rings. The maximum Gasteiger partial charge on any atom is 0.0178 e. The Kier molecular flexibility index (Phi) is 2.53. The third kappa shape index (κ3) is 2.08. The average molecular weight is 162 g/mol. The summed E-state index contributed by atoms with van der Waals surface area (Å²) in [4.78, 5) is 0. The molecule has 0 unspecified atom stereocenters. The lowest BCUT2D eigenvalue weighted by atomic mass is 9.87. The monoisotopic (exact) mass is 162 g/mol. The summed E-state index contributed by atoms with van der Waals surface area (Å²) in [6, 6.07) is 9.39. The van der Waals surface area contributed by atoms with Crippen LogP contribution in [0.1, 0.15) is 31.9 Å². The molecule has 0 aromatic heterocycles. The molecule has 1 aromatic carbocycles. The molecule has 0 amide bonds. The standard InChI is InChI=1S/C11H16N/c1-11(2,3)10-6-4-9(8-12)5-7-10/h4-6H,8,12H2,1-3H3. The van der Waals surface area contributed by atoms with E-state index in [9.17, 15) is 0 Å². The molecular formula is C11H16N. The smallest absolute Gasteiger partial charge is 0.0178 e. The van der Waals surface area contributed by atoms with E-state index in [0.29, 0.717) is 6.54 Å². The van der Waals surface area contributed by atoms with Gasteiger partial charge in [0.2, 0.25) is 0 Å². The fourth-order valence-electron chi connectivity index (χ4n) is 1.05. The fraction of sp³-hybridized carbons (Fsp3) is 0.455. The van der Waals surface area contributed by atoms with Crippen LogP contribution in [0.3, 0.4) is 0 Å². The summed E-state index contributed by atoms with van der Waals surface area (Å²) in [5.41, 5.74) is 8.05. The molecule has 1 radical (unpaired) electrons. The van der Waals surface area contributed by atoms with Crippen molar-refractivity contribution in [3.8, 4) is 0 Å². The quantitative estimate of drug-likeness (QED) is 0.673. The maximum atomic E-state index is 5.49. The summed E-state index contributed by atoms with van der Waals surface area (Å²) < 4.78 is 0. The van der Waals surface area contributed by atoms with E-state index in [-0.39, 0.29) is 5.41 Å². The second kappa shape index (κ2) is 3.28. The lowest BCUT2D eigenvalue weighted by Gasteiger charge is -2.18. The highest BCUT2D eigenvalue weighted by atomic mass is 14.5. The van der Waals surface area contributed by atoms with Crippen molar-refractivity contribution in [2.45, 2.75) is 32.7 Å². The Morgan fingerprint density at radius 1 is 1.33 bits per heavy atom. The summed E-state index contributed by atoms with van der Waals surface area (Å²) in [6.45, 7) is 7.14. The first-order valence-electron chi connectivity index (χ1n) is 4.25. The van der Waals surface area contributed by atoms with Gasteiger partial charge in [-0.3, -0.25) is 0 Å². The van der Waals surface area contributed by atoms with Gasteiger partial charge in [0.25, 0.3) is 0 Å². The van der Waals surface area contributed by atoms with Gasteiger partial charge >= 0.3 is 0 Å². The fourth-order valence-corrected chi connectivity index (χ4v) is 1.05. The van der Waals surface area contributed by atoms with Crippen LogP contribution in [0.25, 0.3) is 0 Å². The predicted molar refractivity (Wildman–Crippen MR) is 51.9 cm³/mol. The molecule has 1 rings (SSSR count). The van der Waals surface area contributed by atoms with Crippen molar-refractivity contribution in [2.24, 2.45) is 5.73 Å². The first-order valence-corrected chi connectivity index (χ1v) is 4.25. The molecule has 0 spiro atoms. The SMILES string of the molecule is CC(C)(C)c1[c]cc(CN)cc1. The van der Waals surface area contributed by atoms with Crippen molar-refractivity contribution in [2.75, 3.05) is 0 Å². The van der Waals surface area contributed by atoms with Crippen LogP contribution >= 0.6 is 0 Å². The topological polar surface area (TPSA) is 26.0 Å². The van der Waals surface area contributed by atoms with Crippen LogP contribution in [-0.2, 0) is 12.0 Å². The van der Waals surface area contributed by atoms with E-state index in [0.717, 1.165) is 5.56 Å². The Labute approximate surface area is 74.6 Å². The molecule has 65 valence electrons. The third-order valence-corrected chi connectivity index (χ3v) is 1.92. The number of nitrogens with two attached hydrogens (primary N) is 1. The molecule has 1 aromatic rings. The molecule has 0 fully saturated rings. The lowest BCUT2D eigenvalue weighted by Crippen LogP contribution is -2.11. The molecule has 0 saturated heterocycles. The third-order valence-electron chi connectivity index (χ3n) is 1.92. The molecular weight excluding hydrogens is 146 g/mol. The highest BCUT2D eigenvalue weighted by molar-refractivity contribution is 5.25. The van der Waals surface area contributed by atoms with Crippen LogP contribution in [0.2, 0.25) is 0 Å². The van der Waals surface area contributed by atoms with Crippen LogP contribution < -0.4 is 5.73 Å². The molecule has 0 bridgehead atoms. The van der Waals surface area contributed by atoms with Gasteiger partial charge in [-0.25, -0.2) is 0 Å². The summed E-state index contributed by atoms with van der Waals surface area (Å²) >= 11 is 0. The predicted octanol–water partition coefficient (Wildman–Crippen LogP) is 2.24. The maximum absolute atomic E-state index is 5.49. The first kappa shape index (κ1) is 9.27. The van der Waals surface area contributed by atoms with E-state index in [1.54, 1.807) is 0 Å². The molecule has 12 heavy (non-hydrogen) atoms. The zero-order valence-electron chi connectivity index (χ0n) is 8.02. The van der Waals surface area contributed by atoms with Gasteiger partial charge in [-0.05, 0) is 28.7 Å². The van der Waals surface area contributed by atoms with Crippen molar-refractivity contribution in [1.29, 1.82) is 0 Å². The molecule has 0 atom stereocenters. The number of benzene rings is 1. The summed E-state index contributed by atoms with van der Waals surface area (Å²) in [7, 11) is 0. The number of rotatable bonds is 1. The molecule has 0 aliphatic carbocycles. The summed E-state index contributed by atoms with van der Waals surface area (Å²) in [5, 5.41) is 0. The van der Waals surface area contributed by atoms with Gasteiger partial charge in [0.15, 0.2) is 0 Å². The van der Waals surface area contributed by atoms with Crippen LogP contribution in [0.15, 0.2) is 18.2 Å². The molecule has 2 N–H and O–H groups in total. The second-order valence-corrected chi connectivity index (χ2v) is 4.06. The minimum atomic E-state index is 0.188. The average Bonchev–Trinajstić information content (AvgIpc) is 2.03. The highest BCUT2D eigenvalue weighted by Crippen LogP contribution is 2.21. The van der Waals surface area contributed by atoms with E-state index in [1.165, 1.54) is 5.56 Å². The van der Waals surface area contributed by atoms with Crippen molar-refractivity contribution in [1.82, 2.24) is 0 Å². The molecule has 1 heteroatoms. The van der Waals surface area contributed by atoms with Gasteiger partial charge < -0.3 is 5.73 Å². The second-order valence-electron chi connectivity index (χ2n) is 4.06. The van der Waals surface area contributed by atoms with Gasteiger partial charge in [0, 0.05) is 6.54 Å². The number of hydrogen-bond acceptors (Lipinski definition) is 1. The molecule has 0 aliphatic heterocycles. The van der Waals surface area contributed by atoms with E-state index in [2.05, 4.69) is 39.0 Å². The van der Waals surface area contributed by atoms with Crippen molar-refractivity contribution in [3.05, 3.63) is 35.4 Å². The van der Waals surface area contributed by atoms with Gasteiger partial charge in [-0.15, -0.1) is 0 Å². The van der Waals surface area contributed by atoms with E-state index in [4.69, 9.17) is 5.73 Å². The van der Waals surface area contributed by atoms with Crippen molar-refractivity contribution < 1.29 is 0 Å². The first-order chi connectivity index (χ1) is 5.54. The van der Waals surface area contributed by atoms with Crippen LogP contribution in [-0.4, -0.2) is 0 Å². The van der Waals surface area contributed by atoms with E-state index >= 15 is 0 Å². The van der Waals surface area contributed by atoms with Gasteiger partial charge in [0.05, 0.1) is 0 Å². The zero-order valence-corrected chi connectivity index (χ0v) is 8.02. The van der Waals surface area contributed by atoms with Gasteiger partial charge in [-0.2, -0.15) is 0 Å². The van der Waals surface area contributed by atoms with Gasteiger partial charge in [-0.1, -0.05) is 32.9 Å². The van der Waals surface area contributed by atoms with Crippen LogP contribution in [0, 0.1) is 6.07 Å². The normalized spacial score (nSPS) is 11.7. The number of hydrogen-bond donors (Lipinski definition) is 1. The van der Waals surface area contributed by atoms with E-state index < -0.39 is 0 Å². The zero-order chi connectivity index (χ0) is 9.19. The van der Waals surface area contributed by atoms with Crippen molar-refractivity contribution in [3.63, 3.8) is 0 Å². The largest absolute Gasteiger partial charge is 0.326 e. The van der Waals surface area contributed by atoms with Crippen LogP contribution in [0.5, 0.6) is 0 Å².